The Balaban J connectivity index is 2.30. The highest BCUT2D eigenvalue weighted by atomic mass is 15.1. The lowest BCUT2D eigenvalue weighted by Gasteiger charge is -2.33. The van der Waals surface area contributed by atoms with E-state index in [1.807, 2.05) is 12.4 Å². The van der Waals surface area contributed by atoms with Gasteiger partial charge in [-0.15, -0.1) is 0 Å². The molecule has 1 aromatic heterocycles. The summed E-state index contributed by atoms with van der Waals surface area (Å²) < 4.78 is 2.24. The molecule has 1 fully saturated rings. The smallest absolute Gasteiger partial charge is 0.111 e. The first kappa shape index (κ1) is 12.2. The Kier molecular flexibility index (Phi) is 3.51. The summed E-state index contributed by atoms with van der Waals surface area (Å²) in [5.74, 6) is 2.40. The Hall–Kier alpha value is -1.30. The molecule has 1 aliphatic carbocycles. The van der Waals surface area contributed by atoms with Gasteiger partial charge in [-0.3, -0.25) is 0 Å². The number of nitrogens with zero attached hydrogens (tertiary/aromatic N) is 3. The third-order valence-electron chi connectivity index (χ3n) is 3.82. The van der Waals surface area contributed by atoms with Gasteiger partial charge in [-0.2, -0.15) is 5.26 Å². The first-order valence-electron chi connectivity index (χ1n) is 6.55. The molecule has 1 saturated carbocycles. The SMILES string of the molecule is CC1CCC(C#N)C(n2ccnc2C(C)C)C1. The Morgan fingerprint density at radius 3 is 2.88 bits per heavy atom. The Labute approximate surface area is 103 Å². The van der Waals surface area contributed by atoms with Crippen LogP contribution in [0.2, 0.25) is 0 Å². The minimum Gasteiger partial charge on any atom is -0.330 e. The van der Waals surface area contributed by atoms with E-state index >= 15 is 0 Å². The van der Waals surface area contributed by atoms with E-state index in [2.05, 4.69) is 36.4 Å². The second kappa shape index (κ2) is 4.91. The van der Waals surface area contributed by atoms with Gasteiger partial charge < -0.3 is 4.57 Å². The molecule has 3 nitrogen and oxygen atoms in total. The number of imidazole rings is 1. The van der Waals surface area contributed by atoms with Crippen molar-refractivity contribution in [1.82, 2.24) is 9.55 Å². The zero-order valence-corrected chi connectivity index (χ0v) is 10.9. The van der Waals surface area contributed by atoms with Crippen molar-refractivity contribution in [2.75, 3.05) is 0 Å². The first-order chi connectivity index (χ1) is 8.13. The summed E-state index contributed by atoms with van der Waals surface area (Å²) in [6, 6.07) is 2.80. The van der Waals surface area contributed by atoms with Crippen LogP contribution in [-0.4, -0.2) is 9.55 Å². The van der Waals surface area contributed by atoms with E-state index in [0.717, 1.165) is 18.7 Å². The second-order valence-corrected chi connectivity index (χ2v) is 5.57. The van der Waals surface area contributed by atoms with Crippen molar-refractivity contribution in [1.29, 1.82) is 5.26 Å². The first-order valence-corrected chi connectivity index (χ1v) is 6.55. The van der Waals surface area contributed by atoms with Gasteiger partial charge in [0, 0.05) is 18.3 Å². The van der Waals surface area contributed by atoms with Crippen molar-refractivity contribution >= 4 is 0 Å². The summed E-state index contributed by atoms with van der Waals surface area (Å²) in [4.78, 5) is 4.44. The largest absolute Gasteiger partial charge is 0.330 e. The van der Waals surface area contributed by atoms with Crippen LogP contribution in [-0.2, 0) is 0 Å². The molecule has 0 bridgehead atoms. The van der Waals surface area contributed by atoms with Gasteiger partial charge in [0.15, 0.2) is 0 Å². The van der Waals surface area contributed by atoms with E-state index in [9.17, 15) is 5.26 Å². The molecule has 0 aromatic carbocycles. The Bertz CT molecular complexity index is 413. The molecule has 0 radical (unpaired) electrons. The summed E-state index contributed by atoms with van der Waals surface area (Å²) in [5.41, 5.74) is 0. The molecule has 2 rings (SSSR count). The highest BCUT2D eigenvalue weighted by Gasteiger charge is 2.31. The molecule has 17 heavy (non-hydrogen) atoms. The third kappa shape index (κ3) is 2.36. The van der Waals surface area contributed by atoms with Crippen LogP contribution < -0.4 is 0 Å². The fraction of sp³-hybridized carbons (Fsp3) is 0.714. The van der Waals surface area contributed by atoms with Gasteiger partial charge in [-0.05, 0) is 25.2 Å². The van der Waals surface area contributed by atoms with Crippen molar-refractivity contribution in [2.45, 2.75) is 52.0 Å². The van der Waals surface area contributed by atoms with Gasteiger partial charge in [0.25, 0.3) is 0 Å². The van der Waals surface area contributed by atoms with Gasteiger partial charge in [-0.1, -0.05) is 20.8 Å². The highest BCUT2D eigenvalue weighted by Crippen LogP contribution is 2.38. The van der Waals surface area contributed by atoms with E-state index < -0.39 is 0 Å². The molecule has 3 heteroatoms. The normalized spacial score (nSPS) is 29.2. The molecule has 1 aliphatic rings. The van der Waals surface area contributed by atoms with E-state index in [1.54, 1.807) is 0 Å². The molecule has 3 unspecified atom stereocenters. The van der Waals surface area contributed by atoms with Crippen molar-refractivity contribution in [3.8, 4) is 6.07 Å². The monoisotopic (exact) mass is 231 g/mol. The summed E-state index contributed by atoms with van der Waals surface area (Å²) in [5, 5.41) is 9.29. The van der Waals surface area contributed by atoms with Crippen LogP contribution in [0, 0.1) is 23.2 Å². The second-order valence-electron chi connectivity index (χ2n) is 5.57. The lowest BCUT2D eigenvalue weighted by Crippen LogP contribution is -2.27. The predicted octanol–water partition coefficient (Wildman–Crippen LogP) is 3.51. The number of hydrogen-bond donors (Lipinski definition) is 0. The summed E-state index contributed by atoms with van der Waals surface area (Å²) >= 11 is 0. The van der Waals surface area contributed by atoms with Crippen LogP contribution in [0.3, 0.4) is 0 Å². The van der Waals surface area contributed by atoms with Gasteiger partial charge >= 0.3 is 0 Å². The predicted molar refractivity (Wildman–Crippen MR) is 67.5 cm³/mol. The van der Waals surface area contributed by atoms with Crippen LogP contribution >= 0.6 is 0 Å². The van der Waals surface area contributed by atoms with Crippen LogP contribution in [0.1, 0.15) is 57.8 Å². The molecule has 0 spiro atoms. The molecule has 1 aromatic rings. The van der Waals surface area contributed by atoms with Crippen LogP contribution in [0.4, 0.5) is 0 Å². The summed E-state index contributed by atoms with van der Waals surface area (Å²) in [7, 11) is 0. The van der Waals surface area contributed by atoms with Crippen LogP contribution in [0.25, 0.3) is 0 Å². The number of rotatable bonds is 2. The maximum absolute atomic E-state index is 9.29. The third-order valence-corrected chi connectivity index (χ3v) is 3.82. The van der Waals surface area contributed by atoms with E-state index in [1.165, 1.54) is 6.42 Å². The van der Waals surface area contributed by atoms with E-state index in [-0.39, 0.29) is 5.92 Å². The standard InChI is InChI=1S/C14H21N3/c1-10(2)14-16-6-7-17(14)13-8-11(3)4-5-12(13)9-15/h6-7,10-13H,4-5,8H2,1-3H3. The lowest BCUT2D eigenvalue weighted by molar-refractivity contribution is 0.227. The maximum Gasteiger partial charge on any atom is 0.111 e. The van der Waals surface area contributed by atoms with Crippen molar-refractivity contribution in [2.24, 2.45) is 11.8 Å². The van der Waals surface area contributed by atoms with Gasteiger partial charge in [-0.25, -0.2) is 4.98 Å². The minimum atomic E-state index is 0.151. The Morgan fingerprint density at radius 2 is 2.24 bits per heavy atom. The molecular formula is C14H21N3. The van der Waals surface area contributed by atoms with Crippen LogP contribution in [0.15, 0.2) is 12.4 Å². The quantitative estimate of drug-likeness (QED) is 0.781. The Morgan fingerprint density at radius 1 is 1.47 bits per heavy atom. The van der Waals surface area contributed by atoms with Crippen molar-refractivity contribution in [3.63, 3.8) is 0 Å². The zero-order valence-electron chi connectivity index (χ0n) is 10.9. The molecule has 0 aliphatic heterocycles. The fourth-order valence-electron chi connectivity index (χ4n) is 2.86. The van der Waals surface area contributed by atoms with Crippen molar-refractivity contribution in [3.05, 3.63) is 18.2 Å². The summed E-state index contributed by atoms with van der Waals surface area (Å²) in [6.45, 7) is 6.60. The molecule has 3 atom stereocenters. The summed E-state index contributed by atoms with van der Waals surface area (Å²) in [6.07, 6.45) is 7.22. The molecule has 92 valence electrons. The molecular weight excluding hydrogens is 210 g/mol. The van der Waals surface area contributed by atoms with Gasteiger partial charge in [0.2, 0.25) is 0 Å². The van der Waals surface area contributed by atoms with Gasteiger partial charge in [0.1, 0.15) is 5.82 Å². The molecule has 0 amide bonds. The highest BCUT2D eigenvalue weighted by molar-refractivity contribution is 5.05. The van der Waals surface area contributed by atoms with Crippen LogP contribution in [0.5, 0.6) is 0 Å². The molecule has 0 N–H and O–H groups in total. The topological polar surface area (TPSA) is 41.6 Å². The minimum absolute atomic E-state index is 0.151. The van der Waals surface area contributed by atoms with E-state index in [4.69, 9.17) is 0 Å². The average Bonchev–Trinajstić information content (AvgIpc) is 2.77. The zero-order chi connectivity index (χ0) is 12.4. The van der Waals surface area contributed by atoms with Crippen molar-refractivity contribution < 1.29 is 0 Å². The number of aromatic nitrogens is 2. The van der Waals surface area contributed by atoms with Gasteiger partial charge in [0.05, 0.1) is 18.0 Å². The average molecular weight is 231 g/mol. The molecule has 1 heterocycles. The molecule has 0 saturated heterocycles. The number of hydrogen-bond acceptors (Lipinski definition) is 2. The lowest BCUT2D eigenvalue weighted by atomic mass is 9.79. The van der Waals surface area contributed by atoms with E-state index in [0.29, 0.717) is 17.9 Å². The fourth-order valence-corrected chi connectivity index (χ4v) is 2.86. The maximum atomic E-state index is 9.29. The number of nitriles is 1.